The Morgan fingerprint density at radius 1 is 0.889 bits per heavy atom. The largest absolute Gasteiger partial charge is 0.0836 e. The van der Waals surface area contributed by atoms with Crippen molar-refractivity contribution in [1.82, 2.24) is 0 Å². The summed E-state index contributed by atoms with van der Waals surface area (Å²) in [7, 11) is 0. The minimum absolute atomic E-state index is 0.513. The molecule has 0 nitrogen and oxygen atoms in total. The lowest BCUT2D eigenvalue weighted by Crippen LogP contribution is -2.07. The van der Waals surface area contributed by atoms with E-state index in [9.17, 15) is 0 Å². The Morgan fingerprint density at radius 3 is 1.72 bits per heavy atom. The first-order chi connectivity index (χ1) is 8.60. The van der Waals surface area contributed by atoms with Crippen LogP contribution in [0.1, 0.15) is 75.3 Å². The third-order valence-electron chi connectivity index (χ3n) is 3.65. The maximum atomic E-state index is 3.92. The Morgan fingerprint density at radius 2 is 1.33 bits per heavy atom. The molecule has 0 bridgehead atoms. The lowest BCUT2D eigenvalue weighted by atomic mass is 9.90. The van der Waals surface area contributed by atoms with E-state index in [1.807, 2.05) is 0 Å². The van der Waals surface area contributed by atoms with Crippen LogP contribution in [0, 0.1) is 5.92 Å². The van der Waals surface area contributed by atoms with Gasteiger partial charge in [0.15, 0.2) is 0 Å². The SMILES string of the molecule is CCCC(CCC)C(Br)c1ccc(C(C)C)cc1. The van der Waals surface area contributed by atoms with Crippen LogP contribution in [0.5, 0.6) is 0 Å². The molecule has 0 aromatic heterocycles. The highest BCUT2D eigenvalue weighted by Gasteiger charge is 2.19. The molecule has 0 aliphatic carbocycles. The third-order valence-corrected chi connectivity index (χ3v) is 4.93. The van der Waals surface area contributed by atoms with E-state index in [0.717, 1.165) is 5.92 Å². The topological polar surface area (TPSA) is 0 Å². The smallest absolute Gasteiger partial charge is 0.0423 e. The molecule has 1 aromatic carbocycles. The van der Waals surface area contributed by atoms with Crippen LogP contribution in [0.2, 0.25) is 0 Å². The summed E-state index contributed by atoms with van der Waals surface area (Å²) >= 11 is 3.92. The van der Waals surface area contributed by atoms with Gasteiger partial charge in [0.2, 0.25) is 0 Å². The second-order valence-electron chi connectivity index (χ2n) is 5.56. The summed E-state index contributed by atoms with van der Waals surface area (Å²) in [6, 6.07) is 9.16. The molecule has 18 heavy (non-hydrogen) atoms. The van der Waals surface area contributed by atoms with Crippen LogP contribution in [0.15, 0.2) is 24.3 Å². The van der Waals surface area contributed by atoms with Gasteiger partial charge in [0.25, 0.3) is 0 Å². The Kier molecular flexibility index (Phi) is 6.99. The van der Waals surface area contributed by atoms with Crippen molar-refractivity contribution in [2.45, 2.75) is 64.1 Å². The van der Waals surface area contributed by atoms with Crippen molar-refractivity contribution in [2.75, 3.05) is 0 Å². The number of hydrogen-bond donors (Lipinski definition) is 0. The maximum Gasteiger partial charge on any atom is 0.0423 e. The summed E-state index contributed by atoms with van der Waals surface area (Å²) < 4.78 is 0. The summed E-state index contributed by atoms with van der Waals surface area (Å²) in [4.78, 5) is 0.513. The van der Waals surface area contributed by atoms with Gasteiger partial charge in [-0.05, 0) is 35.8 Å². The van der Waals surface area contributed by atoms with Crippen LogP contribution in [0.4, 0.5) is 0 Å². The standard InChI is InChI=1S/C17H27Br/c1-5-7-15(8-6-2)17(18)16-11-9-14(10-12-16)13(3)4/h9-13,15,17H,5-8H2,1-4H3. The summed E-state index contributed by atoms with van der Waals surface area (Å²) in [5, 5.41) is 0. The van der Waals surface area contributed by atoms with Gasteiger partial charge in [-0.15, -0.1) is 0 Å². The number of hydrogen-bond acceptors (Lipinski definition) is 0. The van der Waals surface area contributed by atoms with E-state index >= 15 is 0 Å². The van der Waals surface area contributed by atoms with Gasteiger partial charge < -0.3 is 0 Å². The average Bonchev–Trinajstić information content (AvgIpc) is 2.38. The minimum atomic E-state index is 0.513. The molecule has 0 aliphatic heterocycles. The molecule has 1 unspecified atom stereocenters. The predicted molar refractivity (Wildman–Crippen MR) is 85.5 cm³/mol. The maximum absolute atomic E-state index is 3.92. The first-order valence-corrected chi connectivity index (χ1v) is 8.25. The number of halogens is 1. The van der Waals surface area contributed by atoms with Crippen LogP contribution in [0.25, 0.3) is 0 Å². The second-order valence-corrected chi connectivity index (χ2v) is 6.55. The molecular formula is C17H27Br. The zero-order valence-electron chi connectivity index (χ0n) is 12.2. The molecular weight excluding hydrogens is 284 g/mol. The van der Waals surface area contributed by atoms with Gasteiger partial charge in [0.1, 0.15) is 0 Å². The lowest BCUT2D eigenvalue weighted by molar-refractivity contribution is 0.435. The molecule has 0 fully saturated rings. The quantitative estimate of drug-likeness (QED) is 0.507. The molecule has 0 saturated heterocycles. The highest BCUT2D eigenvalue weighted by molar-refractivity contribution is 9.09. The third kappa shape index (κ3) is 4.42. The van der Waals surface area contributed by atoms with Crippen LogP contribution in [-0.2, 0) is 0 Å². The number of benzene rings is 1. The lowest BCUT2D eigenvalue weighted by Gasteiger charge is -2.22. The van der Waals surface area contributed by atoms with Gasteiger partial charge in [0, 0.05) is 4.83 Å². The van der Waals surface area contributed by atoms with E-state index in [2.05, 4.69) is 67.9 Å². The summed E-state index contributed by atoms with van der Waals surface area (Å²) in [6.07, 6.45) is 5.18. The summed E-state index contributed by atoms with van der Waals surface area (Å²) in [5.74, 6) is 1.39. The van der Waals surface area contributed by atoms with Crippen molar-refractivity contribution >= 4 is 15.9 Å². The first kappa shape index (κ1) is 15.8. The van der Waals surface area contributed by atoms with Crippen LogP contribution < -0.4 is 0 Å². The second kappa shape index (κ2) is 7.99. The summed E-state index contributed by atoms with van der Waals surface area (Å²) in [6.45, 7) is 9.06. The summed E-state index contributed by atoms with van der Waals surface area (Å²) in [5.41, 5.74) is 2.87. The highest BCUT2D eigenvalue weighted by atomic mass is 79.9. The first-order valence-electron chi connectivity index (χ1n) is 7.34. The molecule has 1 rings (SSSR count). The molecule has 102 valence electrons. The average molecular weight is 311 g/mol. The van der Waals surface area contributed by atoms with Gasteiger partial charge in [-0.1, -0.05) is 80.7 Å². The fraction of sp³-hybridized carbons (Fsp3) is 0.647. The van der Waals surface area contributed by atoms with Gasteiger partial charge in [-0.2, -0.15) is 0 Å². The van der Waals surface area contributed by atoms with E-state index < -0.39 is 0 Å². The van der Waals surface area contributed by atoms with Crippen molar-refractivity contribution in [1.29, 1.82) is 0 Å². The Balaban J connectivity index is 2.77. The minimum Gasteiger partial charge on any atom is -0.0836 e. The highest BCUT2D eigenvalue weighted by Crippen LogP contribution is 2.37. The van der Waals surface area contributed by atoms with E-state index in [1.54, 1.807) is 0 Å². The van der Waals surface area contributed by atoms with Crippen LogP contribution in [-0.4, -0.2) is 0 Å². The van der Waals surface area contributed by atoms with Crippen molar-refractivity contribution in [3.8, 4) is 0 Å². The van der Waals surface area contributed by atoms with Crippen molar-refractivity contribution in [3.63, 3.8) is 0 Å². The van der Waals surface area contributed by atoms with E-state index in [-0.39, 0.29) is 0 Å². The van der Waals surface area contributed by atoms with Crippen molar-refractivity contribution in [2.24, 2.45) is 5.92 Å². The molecule has 0 spiro atoms. The molecule has 0 aliphatic rings. The Hall–Kier alpha value is -0.300. The fourth-order valence-electron chi connectivity index (χ4n) is 2.52. The molecule has 0 saturated carbocycles. The molecule has 0 radical (unpaired) electrons. The predicted octanol–water partition coefficient (Wildman–Crippen LogP) is 6.46. The molecule has 1 atom stereocenters. The molecule has 0 N–H and O–H groups in total. The zero-order valence-corrected chi connectivity index (χ0v) is 13.8. The molecule has 0 amide bonds. The van der Waals surface area contributed by atoms with Gasteiger partial charge in [-0.25, -0.2) is 0 Å². The van der Waals surface area contributed by atoms with Crippen LogP contribution >= 0.6 is 15.9 Å². The van der Waals surface area contributed by atoms with Crippen LogP contribution in [0.3, 0.4) is 0 Å². The zero-order chi connectivity index (χ0) is 13.5. The van der Waals surface area contributed by atoms with E-state index in [1.165, 1.54) is 36.8 Å². The van der Waals surface area contributed by atoms with E-state index in [4.69, 9.17) is 0 Å². The van der Waals surface area contributed by atoms with Crippen molar-refractivity contribution in [3.05, 3.63) is 35.4 Å². The Labute approximate surface area is 121 Å². The van der Waals surface area contributed by atoms with Gasteiger partial charge in [-0.3, -0.25) is 0 Å². The molecule has 1 aromatic rings. The van der Waals surface area contributed by atoms with Crippen molar-refractivity contribution < 1.29 is 0 Å². The molecule has 0 heterocycles. The normalized spacial score (nSPS) is 13.3. The van der Waals surface area contributed by atoms with Gasteiger partial charge >= 0.3 is 0 Å². The van der Waals surface area contributed by atoms with Gasteiger partial charge in [0.05, 0.1) is 0 Å². The Bertz CT molecular complexity index is 320. The fourth-order valence-corrected chi connectivity index (χ4v) is 3.35. The number of rotatable bonds is 7. The van der Waals surface area contributed by atoms with E-state index in [0.29, 0.717) is 10.7 Å². The molecule has 1 heteroatoms. The number of alkyl halides is 1. The monoisotopic (exact) mass is 310 g/mol.